The van der Waals surface area contributed by atoms with E-state index in [0.717, 1.165) is 50.5 Å². The zero-order valence-corrected chi connectivity index (χ0v) is 14.2. The van der Waals surface area contributed by atoms with E-state index in [2.05, 4.69) is 6.07 Å². The molecule has 0 radical (unpaired) electrons. The molecule has 126 valence electrons. The second-order valence-electron chi connectivity index (χ2n) is 5.20. The predicted octanol–water partition coefficient (Wildman–Crippen LogP) is 3.14. The van der Waals surface area contributed by atoms with Crippen LogP contribution in [0.1, 0.15) is 37.7 Å². The number of aryl methyl sites for hydroxylation is 1. The van der Waals surface area contributed by atoms with Crippen molar-refractivity contribution in [3.8, 4) is 5.75 Å². The van der Waals surface area contributed by atoms with Crippen LogP contribution in [-0.4, -0.2) is 35.2 Å². The lowest BCUT2D eigenvalue weighted by molar-refractivity contribution is 0.0504. The summed E-state index contributed by atoms with van der Waals surface area (Å²) < 4.78 is 36.7. The number of benzene rings is 1. The van der Waals surface area contributed by atoms with E-state index in [1.807, 2.05) is 18.2 Å². The summed E-state index contributed by atoms with van der Waals surface area (Å²) in [6.45, 7) is 0.546. The maximum atomic E-state index is 10.8. The summed E-state index contributed by atoms with van der Waals surface area (Å²) in [5.74, 6) is 0.880. The minimum absolute atomic E-state index is 0.261. The Morgan fingerprint density at radius 2 is 1.68 bits per heavy atom. The van der Waals surface area contributed by atoms with Gasteiger partial charge in [0, 0.05) is 7.11 Å². The van der Waals surface area contributed by atoms with Crippen molar-refractivity contribution >= 4 is 10.1 Å². The number of para-hydroxylation sites is 1. The first-order valence-electron chi connectivity index (χ1n) is 7.57. The van der Waals surface area contributed by atoms with Crippen molar-refractivity contribution in [3.63, 3.8) is 0 Å². The molecule has 0 heterocycles. The second-order valence-corrected chi connectivity index (χ2v) is 6.85. The van der Waals surface area contributed by atoms with E-state index < -0.39 is 10.1 Å². The number of hydrogen-bond acceptors (Lipinski definition) is 5. The summed E-state index contributed by atoms with van der Waals surface area (Å²) in [4.78, 5) is 0. The lowest BCUT2D eigenvalue weighted by Crippen LogP contribution is -2.03. The molecule has 0 N–H and O–H groups in total. The monoisotopic (exact) mass is 330 g/mol. The van der Waals surface area contributed by atoms with Gasteiger partial charge in [-0.15, -0.1) is 0 Å². The number of rotatable bonds is 12. The first-order valence-corrected chi connectivity index (χ1v) is 9.38. The third kappa shape index (κ3) is 9.02. The molecule has 1 aromatic rings. The molecule has 6 heteroatoms. The van der Waals surface area contributed by atoms with Crippen LogP contribution in [0.2, 0.25) is 0 Å². The van der Waals surface area contributed by atoms with E-state index >= 15 is 0 Å². The van der Waals surface area contributed by atoms with E-state index in [9.17, 15) is 8.42 Å². The molecule has 0 bridgehead atoms. The second kappa shape index (κ2) is 10.6. The molecule has 0 fully saturated rings. The summed E-state index contributed by atoms with van der Waals surface area (Å²) in [7, 11) is -1.69. The average Bonchev–Trinajstić information content (AvgIpc) is 2.47. The van der Waals surface area contributed by atoms with Crippen LogP contribution in [0.3, 0.4) is 0 Å². The molecule has 0 saturated heterocycles. The van der Waals surface area contributed by atoms with Gasteiger partial charge in [-0.3, -0.25) is 4.18 Å². The summed E-state index contributed by atoms with van der Waals surface area (Å²) in [5, 5.41) is 0. The molecule has 1 aromatic carbocycles. The maximum absolute atomic E-state index is 10.8. The van der Waals surface area contributed by atoms with Crippen molar-refractivity contribution in [1.82, 2.24) is 0 Å². The highest BCUT2D eigenvalue weighted by molar-refractivity contribution is 7.85. The topological polar surface area (TPSA) is 61.8 Å². The molecule has 0 unspecified atom stereocenters. The Morgan fingerprint density at radius 1 is 1.00 bits per heavy atom. The van der Waals surface area contributed by atoms with Crippen molar-refractivity contribution in [3.05, 3.63) is 29.8 Å². The smallest absolute Gasteiger partial charge is 0.264 e. The normalized spacial score (nSPS) is 11.5. The van der Waals surface area contributed by atoms with E-state index in [1.54, 1.807) is 7.11 Å². The van der Waals surface area contributed by atoms with E-state index in [0.29, 0.717) is 0 Å². The third-order valence-electron chi connectivity index (χ3n) is 3.19. The average molecular weight is 330 g/mol. The SMILES string of the molecule is COCOc1ccccc1CCCCCCCOS(C)(=O)=O. The third-order valence-corrected chi connectivity index (χ3v) is 3.79. The summed E-state index contributed by atoms with van der Waals surface area (Å²) in [6, 6.07) is 8.00. The van der Waals surface area contributed by atoms with E-state index in [4.69, 9.17) is 13.7 Å². The predicted molar refractivity (Wildman–Crippen MR) is 86.5 cm³/mol. The number of hydrogen-bond donors (Lipinski definition) is 0. The lowest BCUT2D eigenvalue weighted by Gasteiger charge is -2.10. The van der Waals surface area contributed by atoms with E-state index in [1.165, 1.54) is 5.56 Å². The molecule has 5 nitrogen and oxygen atoms in total. The van der Waals surface area contributed by atoms with Crippen molar-refractivity contribution in [2.24, 2.45) is 0 Å². The van der Waals surface area contributed by atoms with Crippen LogP contribution in [0.5, 0.6) is 5.75 Å². The highest BCUT2D eigenvalue weighted by Gasteiger charge is 2.03. The standard InChI is InChI=1S/C16H26O5S/c1-19-14-20-16-12-8-7-11-15(16)10-6-4-3-5-9-13-21-22(2,17)18/h7-8,11-12H,3-6,9-10,13-14H2,1-2H3. The molecule has 0 aliphatic heterocycles. The Labute approximate surface area is 133 Å². The molecule has 0 aliphatic carbocycles. The van der Waals surface area contributed by atoms with Gasteiger partial charge in [-0.2, -0.15) is 8.42 Å². The molecule has 0 spiro atoms. The molecule has 0 aliphatic rings. The molecule has 1 rings (SSSR count). The molecular weight excluding hydrogens is 304 g/mol. The van der Waals surface area contributed by atoms with Crippen molar-refractivity contribution in [1.29, 1.82) is 0 Å². The fourth-order valence-electron chi connectivity index (χ4n) is 2.13. The fraction of sp³-hybridized carbons (Fsp3) is 0.625. The van der Waals surface area contributed by atoms with Crippen LogP contribution >= 0.6 is 0 Å². The molecule has 22 heavy (non-hydrogen) atoms. The first-order chi connectivity index (χ1) is 10.5. The lowest BCUT2D eigenvalue weighted by atomic mass is 10.0. The molecule has 0 amide bonds. The molecule has 0 saturated carbocycles. The van der Waals surface area contributed by atoms with Crippen LogP contribution < -0.4 is 4.74 Å². The minimum atomic E-state index is -3.29. The van der Waals surface area contributed by atoms with Gasteiger partial charge < -0.3 is 9.47 Å². The Bertz CT molecular complexity index is 513. The van der Waals surface area contributed by atoms with Gasteiger partial charge in [0.1, 0.15) is 5.75 Å². The minimum Gasteiger partial charge on any atom is -0.467 e. The van der Waals surface area contributed by atoms with Crippen molar-refractivity contribution in [2.45, 2.75) is 38.5 Å². The van der Waals surface area contributed by atoms with Gasteiger partial charge in [0.2, 0.25) is 0 Å². The van der Waals surface area contributed by atoms with Crippen molar-refractivity contribution < 1.29 is 22.1 Å². The van der Waals surface area contributed by atoms with Crippen LogP contribution in [0.15, 0.2) is 24.3 Å². The van der Waals surface area contributed by atoms with Gasteiger partial charge in [0.05, 0.1) is 12.9 Å². The van der Waals surface area contributed by atoms with E-state index in [-0.39, 0.29) is 13.4 Å². The Balaban J connectivity index is 2.14. The van der Waals surface area contributed by atoms with Gasteiger partial charge in [-0.05, 0) is 30.9 Å². The number of ether oxygens (including phenoxy) is 2. The maximum Gasteiger partial charge on any atom is 0.264 e. The number of unbranched alkanes of at least 4 members (excludes halogenated alkanes) is 4. The van der Waals surface area contributed by atoms with Gasteiger partial charge in [-0.25, -0.2) is 0 Å². The van der Waals surface area contributed by atoms with Gasteiger partial charge in [0.25, 0.3) is 10.1 Å². The zero-order chi connectivity index (χ0) is 16.3. The van der Waals surface area contributed by atoms with Gasteiger partial charge in [-0.1, -0.05) is 37.5 Å². The van der Waals surface area contributed by atoms with Crippen LogP contribution in [0.4, 0.5) is 0 Å². The fourth-order valence-corrected chi connectivity index (χ4v) is 2.55. The van der Waals surface area contributed by atoms with Gasteiger partial charge >= 0.3 is 0 Å². The Morgan fingerprint density at radius 3 is 2.41 bits per heavy atom. The van der Waals surface area contributed by atoms with Crippen LogP contribution in [0, 0.1) is 0 Å². The van der Waals surface area contributed by atoms with Crippen LogP contribution in [0.25, 0.3) is 0 Å². The van der Waals surface area contributed by atoms with Crippen molar-refractivity contribution in [2.75, 3.05) is 26.8 Å². The highest BCUT2D eigenvalue weighted by atomic mass is 32.2. The summed E-state index contributed by atoms with van der Waals surface area (Å²) in [5.41, 5.74) is 1.19. The number of methoxy groups -OCH3 is 1. The highest BCUT2D eigenvalue weighted by Crippen LogP contribution is 2.20. The van der Waals surface area contributed by atoms with Crippen LogP contribution in [-0.2, 0) is 25.5 Å². The largest absolute Gasteiger partial charge is 0.467 e. The Kier molecular flexibility index (Phi) is 9.11. The summed E-state index contributed by atoms with van der Waals surface area (Å²) in [6.07, 6.45) is 7.08. The Hall–Kier alpha value is -1.11. The molecular formula is C16H26O5S. The molecule has 0 atom stereocenters. The van der Waals surface area contributed by atoms with Gasteiger partial charge in [0.15, 0.2) is 6.79 Å². The summed E-state index contributed by atoms with van der Waals surface area (Å²) >= 11 is 0. The quantitative estimate of drug-likeness (QED) is 0.335. The first kappa shape index (κ1) is 18.9. The zero-order valence-electron chi connectivity index (χ0n) is 13.4. The molecule has 0 aromatic heterocycles.